The average Bonchev–Trinajstić information content (AvgIpc) is 2.31. The third-order valence-corrected chi connectivity index (χ3v) is 1.59. The van der Waals surface area contributed by atoms with Gasteiger partial charge >= 0.3 is 23.9 Å². The first kappa shape index (κ1) is 13.2. The number of benzene rings is 1. The monoisotopic (exact) mass is 254 g/mol. The lowest BCUT2D eigenvalue weighted by atomic mass is 10.3. The Morgan fingerprint density at radius 2 is 1.00 bits per heavy atom. The lowest BCUT2D eigenvalue weighted by molar-refractivity contribution is -0.158. The van der Waals surface area contributed by atoms with Gasteiger partial charge in [-0.2, -0.15) is 0 Å². The number of carbonyl (C=O) groups excluding carboxylic acids is 2. The second-order valence-corrected chi connectivity index (χ2v) is 2.86. The zero-order chi connectivity index (χ0) is 13.7. The van der Waals surface area contributed by atoms with Crippen LogP contribution in [0.2, 0.25) is 0 Å². The highest BCUT2D eigenvalue weighted by Gasteiger charge is 2.16. The molecule has 94 valence electrons. The molecule has 0 amide bonds. The number of esters is 2. The van der Waals surface area contributed by atoms with Crippen LogP contribution in [0.5, 0.6) is 11.5 Å². The summed E-state index contributed by atoms with van der Waals surface area (Å²) in [6.07, 6.45) is 0. The number of carboxylic acid groups (broad SMARTS) is 2. The van der Waals surface area contributed by atoms with Crippen LogP contribution in [0.25, 0.3) is 0 Å². The molecule has 1 aromatic carbocycles. The second-order valence-electron chi connectivity index (χ2n) is 2.86. The Hall–Kier alpha value is -2.90. The van der Waals surface area contributed by atoms with Gasteiger partial charge in [0.2, 0.25) is 0 Å². The van der Waals surface area contributed by atoms with E-state index in [9.17, 15) is 19.2 Å². The SMILES string of the molecule is O=C(O)C(=O)Oc1ccc(OC(=O)C(=O)O)cc1. The molecule has 0 bridgehead atoms. The molecular formula is C10H6O8. The third kappa shape index (κ3) is 3.59. The quantitative estimate of drug-likeness (QED) is 0.417. The lowest BCUT2D eigenvalue weighted by Gasteiger charge is -2.03. The fourth-order valence-corrected chi connectivity index (χ4v) is 0.877. The van der Waals surface area contributed by atoms with Crippen LogP contribution >= 0.6 is 0 Å². The molecule has 0 aliphatic carbocycles. The Kier molecular flexibility index (Phi) is 3.98. The third-order valence-electron chi connectivity index (χ3n) is 1.59. The van der Waals surface area contributed by atoms with Gasteiger partial charge < -0.3 is 19.7 Å². The molecular weight excluding hydrogens is 248 g/mol. The molecule has 0 unspecified atom stereocenters. The molecule has 8 nitrogen and oxygen atoms in total. The molecule has 0 aliphatic rings. The summed E-state index contributed by atoms with van der Waals surface area (Å²) in [4.78, 5) is 41.7. The Balaban J connectivity index is 2.68. The maximum atomic E-state index is 10.7. The van der Waals surface area contributed by atoms with Crippen molar-refractivity contribution in [3.8, 4) is 11.5 Å². The fourth-order valence-electron chi connectivity index (χ4n) is 0.877. The van der Waals surface area contributed by atoms with Crippen LogP contribution in [0.1, 0.15) is 0 Å². The Morgan fingerprint density at radius 1 is 0.722 bits per heavy atom. The molecule has 2 N–H and O–H groups in total. The van der Waals surface area contributed by atoms with Crippen molar-refractivity contribution in [2.24, 2.45) is 0 Å². The first-order valence-electron chi connectivity index (χ1n) is 4.40. The highest BCUT2D eigenvalue weighted by molar-refractivity contribution is 6.29. The lowest BCUT2D eigenvalue weighted by Crippen LogP contribution is -2.20. The summed E-state index contributed by atoms with van der Waals surface area (Å²) < 4.78 is 8.78. The first-order chi connectivity index (χ1) is 8.40. The smallest absolute Gasteiger partial charge is 0.422 e. The molecule has 0 saturated carbocycles. The number of carboxylic acids is 2. The van der Waals surface area contributed by atoms with E-state index in [1.54, 1.807) is 0 Å². The first-order valence-corrected chi connectivity index (χ1v) is 4.40. The van der Waals surface area contributed by atoms with Crippen LogP contribution in [0.4, 0.5) is 0 Å². The number of hydrogen-bond donors (Lipinski definition) is 2. The van der Waals surface area contributed by atoms with Gasteiger partial charge in [0.1, 0.15) is 11.5 Å². The Bertz CT molecular complexity index is 454. The van der Waals surface area contributed by atoms with Crippen molar-refractivity contribution in [3.05, 3.63) is 24.3 Å². The van der Waals surface area contributed by atoms with Crippen molar-refractivity contribution in [3.63, 3.8) is 0 Å². The average molecular weight is 254 g/mol. The predicted octanol–water partition coefficient (Wildman–Crippen LogP) is -0.333. The molecule has 1 aromatic rings. The Morgan fingerprint density at radius 3 is 1.22 bits per heavy atom. The molecule has 8 heteroatoms. The Labute approximate surface area is 99.4 Å². The van der Waals surface area contributed by atoms with E-state index in [-0.39, 0.29) is 11.5 Å². The summed E-state index contributed by atoms with van der Waals surface area (Å²) in [6, 6.07) is 4.58. The van der Waals surface area contributed by atoms with Crippen molar-refractivity contribution >= 4 is 23.9 Å². The summed E-state index contributed by atoms with van der Waals surface area (Å²) in [5, 5.41) is 16.5. The number of hydrogen-bond acceptors (Lipinski definition) is 6. The minimum Gasteiger partial charge on any atom is -0.473 e. The van der Waals surface area contributed by atoms with Gasteiger partial charge in [0.15, 0.2) is 0 Å². The summed E-state index contributed by atoms with van der Waals surface area (Å²) in [6.45, 7) is 0. The molecule has 0 saturated heterocycles. The topological polar surface area (TPSA) is 127 Å². The van der Waals surface area contributed by atoms with E-state index in [2.05, 4.69) is 9.47 Å². The molecule has 0 radical (unpaired) electrons. The number of aliphatic carboxylic acids is 2. The van der Waals surface area contributed by atoms with Crippen LogP contribution in [0, 0.1) is 0 Å². The summed E-state index contributed by atoms with van der Waals surface area (Å²) in [7, 11) is 0. The highest BCUT2D eigenvalue weighted by atomic mass is 16.6. The molecule has 1 rings (SSSR count). The van der Waals surface area contributed by atoms with Gasteiger partial charge in [-0.1, -0.05) is 0 Å². The number of carbonyl (C=O) groups is 4. The summed E-state index contributed by atoms with van der Waals surface area (Å²) in [5.41, 5.74) is 0. The van der Waals surface area contributed by atoms with Crippen LogP contribution < -0.4 is 9.47 Å². The van der Waals surface area contributed by atoms with Gasteiger partial charge in [0.05, 0.1) is 0 Å². The standard InChI is InChI=1S/C10H6O8/c11-7(12)9(15)17-5-1-2-6(4-3-5)18-10(16)8(13)14/h1-4H,(H,11,12)(H,13,14). The van der Waals surface area contributed by atoms with E-state index >= 15 is 0 Å². The minimum absolute atomic E-state index is 0.0856. The molecule has 0 heterocycles. The maximum absolute atomic E-state index is 10.7. The van der Waals surface area contributed by atoms with Crippen LogP contribution in [0.15, 0.2) is 24.3 Å². The zero-order valence-corrected chi connectivity index (χ0v) is 8.65. The largest absolute Gasteiger partial charge is 0.473 e. The highest BCUT2D eigenvalue weighted by Crippen LogP contribution is 2.17. The van der Waals surface area contributed by atoms with Gasteiger partial charge in [-0.05, 0) is 24.3 Å². The number of rotatable bonds is 2. The van der Waals surface area contributed by atoms with Gasteiger partial charge in [0.25, 0.3) is 0 Å². The summed E-state index contributed by atoms with van der Waals surface area (Å²) in [5.74, 6) is -6.61. The van der Waals surface area contributed by atoms with Crippen molar-refractivity contribution in [2.45, 2.75) is 0 Å². The van der Waals surface area contributed by atoms with Gasteiger partial charge in [-0.25, -0.2) is 19.2 Å². The molecule has 0 atom stereocenters. The van der Waals surface area contributed by atoms with E-state index < -0.39 is 23.9 Å². The van der Waals surface area contributed by atoms with Crippen LogP contribution in [-0.4, -0.2) is 34.1 Å². The van der Waals surface area contributed by atoms with E-state index in [1.807, 2.05) is 0 Å². The van der Waals surface area contributed by atoms with Crippen molar-refractivity contribution < 1.29 is 38.9 Å². The maximum Gasteiger partial charge on any atom is 0.422 e. The molecule has 0 aromatic heterocycles. The summed E-state index contributed by atoms with van der Waals surface area (Å²) >= 11 is 0. The predicted molar refractivity (Wildman–Crippen MR) is 53.0 cm³/mol. The minimum atomic E-state index is -1.75. The van der Waals surface area contributed by atoms with Gasteiger partial charge in [-0.15, -0.1) is 0 Å². The molecule has 18 heavy (non-hydrogen) atoms. The van der Waals surface area contributed by atoms with Crippen molar-refractivity contribution in [1.29, 1.82) is 0 Å². The van der Waals surface area contributed by atoms with Crippen molar-refractivity contribution in [2.75, 3.05) is 0 Å². The van der Waals surface area contributed by atoms with E-state index in [1.165, 1.54) is 0 Å². The number of ether oxygens (including phenoxy) is 2. The fraction of sp³-hybridized carbons (Fsp3) is 0. The van der Waals surface area contributed by atoms with Crippen LogP contribution in [0.3, 0.4) is 0 Å². The zero-order valence-electron chi connectivity index (χ0n) is 8.65. The van der Waals surface area contributed by atoms with E-state index in [0.717, 1.165) is 24.3 Å². The molecule has 0 aliphatic heterocycles. The van der Waals surface area contributed by atoms with Gasteiger partial charge in [-0.3, -0.25) is 0 Å². The normalized spacial score (nSPS) is 9.33. The van der Waals surface area contributed by atoms with E-state index in [4.69, 9.17) is 10.2 Å². The van der Waals surface area contributed by atoms with E-state index in [0.29, 0.717) is 0 Å². The molecule has 0 spiro atoms. The van der Waals surface area contributed by atoms with Crippen molar-refractivity contribution in [1.82, 2.24) is 0 Å². The van der Waals surface area contributed by atoms with Crippen LogP contribution in [-0.2, 0) is 19.2 Å². The second kappa shape index (κ2) is 5.43. The molecule has 0 fully saturated rings. The van der Waals surface area contributed by atoms with Gasteiger partial charge in [0, 0.05) is 0 Å².